The van der Waals surface area contributed by atoms with Crippen molar-refractivity contribution in [3.8, 4) is 5.75 Å². The number of aromatic nitrogens is 1. The number of benzene rings is 1. The summed E-state index contributed by atoms with van der Waals surface area (Å²) < 4.78 is 6.31. The van der Waals surface area contributed by atoms with Gasteiger partial charge in [-0.05, 0) is 18.9 Å². The Morgan fingerprint density at radius 3 is 2.84 bits per heavy atom. The zero-order valence-corrected chi connectivity index (χ0v) is 12.5. The highest BCUT2D eigenvalue weighted by Crippen LogP contribution is 2.35. The molecule has 1 aromatic heterocycles. The summed E-state index contributed by atoms with van der Waals surface area (Å²) in [6.45, 7) is 0. The molecule has 5 heteroatoms. The van der Waals surface area contributed by atoms with Crippen molar-refractivity contribution in [1.82, 2.24) is 4.98 Å². The van der Waals surface area contributed by atoms with Crippen molar-refractivity contribution in [2.45, 2.75) is 38.1 Å². The number of fused-ring (bicyclic) bond motifs is 1. The summed E-state index contributed by atoms with van der Waals surface area (Å²) in [5.74, 6) is 0.783. The van der Waals surface area contributed by atoms with Gasteiger partial charge in [0, 0.05) is 12.1 Å². The highest BCUT2D eigenvalue weighted by molar-refractivity contribution is 7.22. The number of anilines is 1. The maximum Gasteiger partial charge on any atom is 0.184 e. The summed E-state index contributed by atoms with van der Waals surface area (Å²) in [5.41, 5.74) is 0.866. The molecule has 1 N–H and O–H groups in total. The molecule has 1 fully saturated rings. The van der Waals surface area contributed by atoms with E-state index in [9.17, 15) is 0 Å². The van der Waals surface area contributed by atoms with Gasteiger partial charge in [-0.2, -0.15) is 0 Å². The molecule has 0 unspecified atom stereocenters. The molecular weight excluding hydrogens is 280 g/mol. The van der Waals surface area contributed by atoms with Gasteiger partial charge in [0.2, 0.25) is 0 Å². The second-order valence-electron chi connectivity index (χ2n) is 4.95. The van der Waals surface area contributed by atoms with Gasteiger partial charge >= 0.3 is 0 Å². The van der Waals surface area contributed by atoms with Crippen molar-refractivity contribution in [2.24, 2.45) is 0 Å². The number of ether oxygens (including phenoxy) is 1. The molecule has 1 heterocycles. The molecule has 1 aliphatic carbocycles. The standard InChI is InChI=1S/C14H17ClN2OS/c1-18-10-7-11(15)13-12(8-10)19-14(17-13)16-9-5-3-2-4-6-9/h7-9H,2-6H2,1H3,(H,16,17). The van der Waals surface area contributed by atoms with Crippen LogP contribution in [-0.2, 0) is 0 Å². The Hall–Kier alpha value is -1.00. The van der Waals surface area contributed by atoms with Crippen LogP contribution in [0.1, 0.15) is 32.1 Å². The van der Waals surface area contributed by atoms with Gasteiger partial charge in [-0.15, -0.1) is 0 Å². The fourth-order valence-corrected chi connectivity index (χ4v) is 3.87. The third kappa shape index (κ3) is 2.79. The van der Waals surface area contributed by atoms with Crippen LogP contribution in [0.15, 0.2) is 12.1 Å². The average molecular weight is 297 g/mol. The summed E-state index contributed by atoms with van der Waals surface area (Å²) in [6.07, 6.45) is 6.48. The van der Waals surface area contributed by atoms with Crippen molar-refractivity contribution in [3.05, 3.63) is 17.2 Å². The van der Waals surface area contributed by atoms with E-state index < -0.39 is 0 Å². The van der Waals surface area contributed by atoms with Crippen molar-refractivity contribution >= 4 is 38.3 Å². The highest BCUT2D eigenvalue weighted by atomic mass is 35.5. The Bertz CT molecular complexity index is 578. The number of thiazole rings is 1. The first-order valence-corrected chi connectivity index (χ1v) is 7.86. The first-order chi connectivity index (χ1) is 9.26. The third-order valence-electron chi connectivity index (χ3n) is 3.59. The van der Waals surface area contributed by atoms with Crippen LogP contribution in [0.3, 0.4) is 0 Å². The van der Waals surface area contributed by atoms with Crippen LogP contribution in [0.25, 0.3) is 10.2 Å². The van der Waals surface area contributed by atoms with E-state index in [-0.39, 0.29) is 0 Å². The topological polar surface area (TPSA) is 34.1 Å². The van der Waals surface area contributed by atoms with E-state index in [2.05, 4.69) is 10.3 Å². The van der Waals surface area contributed by atoms with Crippen molar-refractivity contribution in [3.63, 3.8) is 0 Å². The first-order valence-electron chi connectivity index (χ1n) is 6.67. The van der Waals surface area contributed by atoms with Crippen LogP contribution in [0.2, 0.25) is 5.02 Å². The molecule has 0 radical (unpaired) electrons. The number of nitrogens with one attached hydrogen (secondary N) is 1. The average Bonchev–Trinajstić information content (AvgIpc) is 2.83. The second kappa shape index (κ2) is 5.55. The third-order valence-corrected chi connectivity index (χ3v) is 4.81. The van der Waals surface area contributed by atoms with Crippen LogP contribution in [0, 0.1) is 0 Å². The van der Waals surface area contributed by atoms with E-state index >= 15 is 0 Å². The molecule has 1 saturated carbocycles. The van der Waals surface area contributed by atoms with Gasteiger partial charge in [0.25, 0.3) is 0 Å². The Balaban J connectivity index is 1.86. The Morgan fingerprint density at radius 1 is 1.32 bits per heavy atom. The van der Waals surface area contributed by atoms with Crippen LogP contribution in [0.5, 0.6) is 5.75 Å². The molecule has 2 aromatic rings. The van der Waals surface area contributed by atoms with E-state index in [1.54, 1.807) is 18.4 Å². The van der Waals surface area contributed by atoms with Gasteiger partial charge in [-0.25, -0.2) is 4.98 Å². The quantitative estimate of drug-likeness (QED) is 0.891. The maximum atomic E-state index is 6.23. The van der Waals surface area contributed by atoms with Crippen molar-refractivity contribution in [1.29, 1.82) is 0 Å². The van der Waals surface area contributed by atoms with E-state index in [1.807, 2.05) is 12.1 Å². The number of halogens is 1. The lowest BCUT2D eigenvalue weighted by Crippen LogP contribution is -2.21. The van der Waals surface area contributed by atoms with E-state index in [0.717, 1.165) is 21.1 Å². The largest absolute Gasteiger partial charge is 0.497 e. The fourth-order valence-electron chi connectivity index (χ4n) is 2.57. The Morgan fingerprint density at radius 2 is 2.11 bits per heavy atom. The fraction of sp³-hybridized carbons (Fsp3) is 0.500. The number of methoxy groups -OCH3 is 1. The smallest absolute Gasteiger partial charge is 0.184 e. The molecule has 0 spiro atoms. The predicted molar refractivity (Wildman–Crippen MR) is 81.7 cm³/mol. The predicted octanol–water partition coefficient (Wildman–Crippen LogP) is 4.70. The summed E-state index contributed by atoms with van der Waals surface area (Å²) >= 11 is 7.88. The molecule has 0 aliphatic heterocycles. The van der Waals surface area contributed by atoms with Crippen LogP contribution in [0.4, 0.5) is 5.13 Å². The second-order valence-corrected chi connectivity index (χ2v) is 6.39. The van der Waals surface area contributed by atoms with Crippen LogP contribution in [-0.4, -0.2) is 18.1 Å². The first kappa shape index (κ1) is 13.0. The maximum absolute atomic E-state index is 6.23. The summed E-state index contributed by atoms with van der Waals surface area (Å²) in [6, 6.07) is 4.37. The minimum atomic E-state index is 0.565. The summed E-state index contributed by atoms with van der Waals surface area (Å²) in [7, 11) is 1.65. The summed E-state index contributed by atoms with van der Waals surface area (Å²) in [5, 5.41) is 5.17. The molecule has 1 aliphatic rings. The van der Waals surface area contributed by atoms with Crippen LogP contribution < -0.4 is 10.1 Å². The van der Waals surface area contributed by atoms with Gasteiger partial charge < -0.3 is 10.1 Å². The van der Waals surface area contributed by atoms with Gasteiger partial charge in [0.05, 0.1) is 16.8 Å². The number of hydrogen-bond donors (Lipinski definition) is 1. The normalized spacial score (nSPS) is 16.7. The zero-order valence-electron chi connectivity index (χ0n) is 10.9. The van der Waals surface area contributed by atoms with Crippen molar-refractivity contribution in [2.75, 3.05) is 12.4 Å². The van der Waals surface area contributed by atoms with E-state index in [0.29, 0.717) is 11.1 Å². The van der Waals surface area contributed by atoms with Crippen molar-refractivity contribution < 1.29 is 4.74 Å². The van der Waals surface area contributed by atoms with Gasteiger partial charge in [-0.1, -0.05) is 42.2 Å². The number of rotatable bonds is 3. The molecule has 19 heavy (non-hydrogen) atoms. The molecule has 102 valence electrons. The molecule has 0 saturated heterocycles. The van der Waals surface area contributed by atoms with Crippen LogP contribution >= 0.6 is 22.9 Å². The Kier molecular flexibility index (Phi) is 3.80. The number of nitrogens with zero attached hydrogens (tertiary/aromatic N) is 1. The molecule has 3 nitrogen and oxygen atoms in total. The van der Waals surface area contributed by atoms with E-state index in [1.165, 1.54) is 32.1 Å². The highest BCUT2D eigenvalue weighted by Gasteiger charge is 2.16. The molecule has 1 aromatic carbocycles. The van der Waals surface area contributed by atoms with Gasteiger partial charge in [-0.3, -0.25) is 0 Å². The van der Waals surface area contributed by atoms with Gasteiger partial charge in [0.15, 0.2) is 5.13 Å². The monoisotopic (exact) mass is 296 g/mol. The lowest BCUT2D eigenvalue weighted by Gasteiger charge is -2.22. The molecule has 0 amide bonds. The summed E-state index contributed by atoms with van der Waals surface area (Å²) in [4.78, 5) is 4.60. The minimum Gasteiger partial charge on any atom is -0.497 e. The minimum absolute atomic E-state index is 0.565. The van der Waals surface area contributed by atoms with Gasteiger partial charge in [0.1, 0.15) is 11.3 Å². The molecule has 3 rings (SSSR count). The number of hydrogen-bond acceptors (Lipinski definition) is 4. The lowest BCUT2D eigenvalue weighted by atomic mass is 9.96. The molecular formula is C14H17ClN2OS. The SMILES string of the molecule is COc1cc(Cl)c2nc(NC3CCCCC3)sc2c1. The Labute approximate surface area is 121 Å². The molecule has 0 bridgehead atoms. The molecule has 0 atom stereocenters. The zero-order chi connectivity index (χ0) is 13.2. The van der Waals surface area contributed by atoms with E-state index in [4.69, 9.17) is 16.3 Å². The lowest BCUT2D eigenvalue weighted by molar-refractivity contribution is 0.415.